The summed E-state index contributed by atoms with van der Waals surface area (Å²) in [6.45, 7) is 6.21. The van der Waals surface area contributed by atoms with Crippen LogP contribution in [0.3, 0.4) is 0 Å². The standard InChI is InChI=1S/C7H16N2O.C2H6/c1-6(10)7(9)4-2-3-5-8;1-2/h7H,2-5,8-9H2,1H3;1-2H3/t7-;/m1./s1. The van der Waals surface area contributed by atoms with Gasteiger partial charge in [-0.15, -0.1) is 0 Å². The van der Waals surface area contributed by atoms with E-state index in [1.54, 1.807) is 0 Å². The molecule has 0 aromatic carbocycles. The maximum absolute atomic E-state index is 10.6. The number of unbranched alkanes of at least 4 members (excludes halogenated alkanes) is 1. The molecule has 0 aliphatic rings. The molecule has 0 aliphatic carbocycles. The van der Waals surface area contributed by atoms with Crippen molar-refractivity contribution in [3.8, 4) is 0 Å². The minimum absolute atomic E-state index is 0.0667. The lowest BCUT2D eigenvalue weighted by Crippen LogP contribution is -2.28. The normalized spacial score (nSPS) is 11.4. The zero-order chi connectivity index (χ0) is 9.98. The first kappa shape index (κ1) is 14.1. The molecule has 0 rings (SSSR count). The molecule has 0 saturated heterocycles. The summed E-state index contributed by atoms with van der Waals surface area (Å²) >= 11 is 0. The van der Waals surface area contributed by atoms with Crippen LogP contribution in [0, 0.1) is 0 Å². The van der Waals surface area contributed by atoms with E-state index in [0.717, 1.165) is 19.3 Å². The Balaban J connectivity index is 0. The van der Waals surface area contributed by atoms with Crippen molar-refractivity contribution in [1.82, 2.24) is 0 Å². The average molecular weight is 174 g/mol. The van der Waals surface area contributed by atoms with Gasteiger partial charge in [0.2, 0.25) is 0 Å². The fraction of sp³-hybridized carbons (Fsp3) is 0.889. The molecular formula is C9H22N2O. The molecule has 0 fully saturated rings. The van der Waals surface area contributed by atoms with Crippen molar-refractivity contribution in [1.29, 1.82) is 0 Å². The summed E-state index contributed by atoms with van der Waals surface area (Å²) < 4.78 is 0. The Morgan fingerprint density at radius 1 is 1.33 bits per heavy atom. The van der Waals surface area contributed by atoms with Gasteiger partial charge in [-0.1, -0.05) is 20.3 Å². The van der Waals surface area contributed by atoms with Crippen LogP contribution in [0.4, 0.5) is 0 Å². The van der Waals surface area contributed by atoms with Crippen LogP contribution in [0.15, 0.2) is 0 Å². The second kappa shape index (κ2) is 10.6. The van der Waals surface area contributed by atoms with Crippen LogP contribution in [-0.2, 0) is 4.79 Å². The van der Waals surface area contributed by atoms with Crippen molar-refractivity contribution in [3.05, 3.63) is 0 Å². The van der Waals surface area contributed by atoms with Gasteiger partial charge in [0, 0.05) is 0 Å². The van der Waals surface area contributed by atoms with E-state index in [-0.39, 0.29) is 11.8 Å². The van der Waals surface area contributed by atoms with Gasteiger partial charge in [0.05, 0.1) is 6.04 Å². The molecule has 1 atom stereocenters. The van der Waals surface area contributed by atoms with E-state index in [1.165, 1.54) is 6.92 Å². The quantitative estimate of drug-likeness (QED) is 0.612. The summed E-state index contributed by atoms with van der Waals surface area (Å²) in [7, 11) is 0. The zero-order valence-corrected chi connectivity index (χ0v) is 8.47. The molecule has 0 aliphatic heterocycles. The van der Waals surface area contributed by atoms with Crippen LogP contribution in [0.25, 0.3) is 0 Å². The highest BCUT2D eigenvalue weighted by Crippen LogP contribution is 1.97. The summed E-state index contributed by atoms with van der Waals surface area (Å²) in [4.78, 5) is 10.6. The van der Waals surface area contributed by atoms with Crippen LogP contribution >= 0.6 is 0 Å². The second-order valence-corrected chi connectivity index (χ2v) is 2.50. The van der Waals surface area contributed by atoms with Gasteiger partial charge in [0.1, 0.15) is 5.78 Å². The third-order valence-corrected chi connectivity index (χ3v) is 1.49. The Labute approximate surface area is 75.5 Å². The summed E-state index contributed by atoms with van der Waals surface area (Å²) in [5, 5.41) is 0. The predicted octanol–water partition coefficient (Wildman–Crippen LogP) is 1.06. The molecule has 0 aromatic rings. The Morgan fingerprint density at radius 2 is 1.83 bits per heavy atom. The summed E-state index contributed by atoms with van der Waals surface area (Å²) in [5.41, 5.74) is 10.7. The van der Waals surface area contributed by atoms with Gasteiger partial charge in [-0.25, -0.2) is 0 Å². The lowest BCUT2D eigenvalue weighted by molar-refractivity contribution is -0.118. The summed E-state index contributed by atoms with van der Waals surface area (Å²) in [6, 6.07) is -0.272. The molecule has 0 heterocycles. The molecule has 0 bridgehead atoms. The van der Waals surface area contributed by atoms with E-state index >= 15 is 0 Å². The number of nitrogens with two attached hydrogens (primary N) is 2. The van der Waals surface area contributed by atoms with Gasteiger partial charge >= 0.3 is 0 Å². The Hall–Kier alpha value is -0.410. The second-order valence-electron chi connectivity index (χ2n) is 2.50. The van der Waals surface area contributed by atoms with Crippen molar-refractivity contribution in [2.45, 2.75) is 46.1 Å². The van der Waals surface area contributed by atoms with Gasteiger partial charge in [0.25, 0.3) is 0 Å². The lowest BCUT2D eigenvalue weighted by atomic mass is 10.1. The van der Waals surface area contributed by atoms with Gasteiger partial charge in [0.15, 0.2) is 0 Å². The van der Waals surface area contributed by atoms with Gasteiger partial charge in [-0.2, -0.15) is 0 Å². The fourth-order valence-electron chi connectivity index (χ4n) is 0.712. The average Bonchev–Trinajstić information content (AvgIpc) is 2.08. The van der Waals surface area contributed by atoms with Crippen LogP contribution < -0.4 is 11.5 Å². The van der Waals surface area contributed by atoms with Crippen LogP contribution in [0.2, 0.25) is 0 Å². The number of carbonyl (C=O) groups excluding carboxylic acids is 1. The molecule has 0 unspecified atom stereocenters. The zero-order valence-electron chi connectivity index (χ0n) is 8.47. The van der Waals surface area contributed by atoms with Crippen molar-refractivity contribution in [3.63, 3.8) is 0 Å². The molecule has 12 heavy (non-hydrogen) atoms. The van der Waals surface area contributed by atoms with E-state index in [4.69, 9.17) is 11.5 Å². The van der Waals surface area contributed by atoms with Crippen molar-refractivity contribution >= 4 is 5.78 Å². The first-order valence-electron chi connectivity index (χ1n) is 4.64. The van der Waals surface area contributed by atoms with E-state index in [2.05, 4.69) is 0 Å². The third kappa shape index (κ3) is 9.59. The van der Waals surface area contributed by atoms with Gasteiger partial charge in [-0.3, -0.25) is 4.79 Å². The highest BCUT2D eigenvalue weighted by atomic mass is 16.1. The first-order valence-corrected chi connectivity index (χ1v) is 4.64. The molecule has 4 N–H and O–H groups in total. The molecule has 0 radical (unpaired) electrons. The summed E-state index contributed by atoms with van der Waals surface area (Å²) in [5.74, 6) is 0.0667. The van der Waals surface area contributed by atoms with Crippen molar-refractivity contribution in [2.75, 3.05) is 6.54 Å². The summed E-state index contributed by atoms with van der Waals surface area (Å²) in [6.07, 6.45) is 2.69. The Morgan fingerprint density at radius 3 is 2.17 bits per heavy atom. The van der Waals surface area contributed by atoms with E-state index in [9.17, 15) is 4.79 Å². The molecule has 0 saturated carbocycles. The Bertz CT molecular complexity index is 105. The molecule has 3 nitrogen and oxygen atoms in total. The minimum Gasteiger partial charge on any atom is -0.330 e. The Kier molecular flexibility index (Phi) is 12.5. The number of Topliss-reactive ketones (excluding diaryl/α,β-unsaturated/α-hetero) is 1. The SMILES string of the molecule is CC.CC(=O)[C@H](N)CCCCN. The highest BCUT2D eigenvalue weighted by molar-refractivity contribution is 5.80. The van der Waals surface area contributed by atoms with Gasteiger partial charge in [-0.05, 0) is 26.3 Å². The first-order chi connectivity index (χ1) is 5.68. The molecule has 0 spiro atoms. The number of rotatable bonds is 5. The fourth-order valence-corrected chi connectivity index (χ4v) is 0.712. The van der Waals surface area contributed by atoms with Gasteiger partial charge < -0.3 is 11.5 Å². The number of carbonyl (C=O) groups is 1. The molecular weight excluding hydrogens is 152 g/mol. The van der Waals surface area contributed by atoms with E-state index in [0.29, 0.717) is 6.54 Å². The minimum atomic E-state index is -0.272. The van der Waals surface area contributed by atoms with Crippen LogP contribution in [0.5, 0.6) is 0 Å². The lowest BCUT2D eigenvalue weighted by Gasteiger charge is -2.05. The highest BCUT2D eigenvalue weighted by Gasteiger charge is 2.05. The van der Waals surface area contributed by atoms with Crippen LogP contribution in [-0.4, -0.2) is 18.4 Å². The number of hydrogen-bond donors (Lipinski definition) is 2. The maximum atomic E-state index is 10.6. The topological polar surface area (TPSA) is 69.1 Å². The number of ketones is 1. The smallest absolute Gasteiger partial charge is 0.146 e. The molecule has 0 aromatic heterocycles. The number of hydrogen-bond acceptors (Lipinski definition) is 3. The van der Waals surface area contributed by atoms with E-state index < -0.39 is 0 Å². The van der Waals surface area contributed by atoms with Crippen molar-refractivity contribution in [2.24, 2.45) is 11.5 Å². The van der Waals surface area contributed by atoms with Crippen LogP contribution in [0.1, 0.15) is 40.0 Å². The molecule has 0 amide bonds. The maximum Gasteiger partial charge on any atom is 0.146 e. The van der Waals surface area contributed by atoms with Crippen molar-refractivity contribution < 1.29 is 4.79 Å². The predicted molar refractivity (Wildman–Crippen MR) is 52.9 cm³/mol. The third-order valence-electron chi connectivity index (χ3n) is 1.49. The molecule has 3 heteroatoms. The monoisotopic (exact) mass is 174 g/mol. The van der Waals surface area contributed by atoms with E-state index in [1.807, 2.05) is 13.8 Å². The largest absolute Gasteiger partial charge is 0.330 e. The molecule has 74 valence electrons.